The Hall–Kier alpha value is -1.56. The number of hydrogen-bond acceptors (Lipinski definition) is 0. The topological polar surface area (TPSA) is 0 Å². The summed E-state index contributed by atoms with van der Waals surface area (Å²) < 4.78 is 0. The van der Waals surface area contributed by atoms with E-state index in [0.717, 1.165) is 0 Å². The maximum Gasteiger partial charge on any atom is -0.0254 e. The van der Waals surface area contributed by atoms with Crippen molar-refractivity contribution in [1.29, 1.82) is 0 Å². The molecule has 0 aromatic heterocycles. The molecule has 1 aromatic carbocycles. The maximum atomic E-state index is 2.28. The number of aryl methyl sites for hydroxylation is 1. The summed E-state index contributed by atoms with van der Waals surface area (Å²) in [5.74, 6) is 0. The molecule has 0 nitrogen and oxygen atoms in total. The summed E-state index contributed by atoms with van der Waals surface area (Å²) in [5.41, 5.74) is 3.91. The average molecular weight is 196 g/mol. The van der Waals surface area contributed by atoms with Gasteiger partial charge in [0.2, 0.25) is 0 Å². The fourth-order valence-electron chi connectivity index (χ4n) is 1.72. The molecule has 0 atom stereocenters. The Kier molecular flexibility index (Phi) is 3.18. The highest BCUT2D eigenvalue weighted by Gasteiger charge is 1.92. The van der Waals surface area contributed by atoms with E-state index in [2.05, 4.69) is 61.6 Å². The first-order chi connectivity index (χ1) is 7.34. The van der Waals surface area contributed by atoms with E-state index >= 15 is 0 Å². The van der Waals surface area contributed by atoms with Crippen molar-refractivity contribution in [1.82, 2.24) is 0 Å². The quantitative estimate of drug-likeness (QED) is 0.662. The van der Waals surface area contributed by atoms with E-state index in [-0.39, 0.29) is 0 Å². The summed E-state index contributed by atoms with van der Waals surface area (Å²) in [4.78, 5) is 0. The fraction of sp³-hybridized carbons (Fsp3) is 0.200. The molecule has 0 N–H and O–H groups in total. The Morgan fingerprint density at radius 2 is 2.07 bits per heavy atom. The van der Waals surface area contributed by atoms with E-state index in [0.29, 0.717) is 0 Å². The molecule has 0 saturated heterocycles. The van der Waals surface area contributed by atoms with Crippen molar-refractivity contribution in [3.05, 3.63) is 65.3 Å². The summed E-state index contributed by atoms with van der Waals surface area (Å²) in [6.07, 6.45) is 13.4. The Bertz CT molecular complexity index is 419. The molecule has 0 spiro atoms. The third-order valence-electron chi connectivity index (χ3n) is 2.53. The largest absolute Gasteiger partial charge is 0.0836 e. The van der Waals surface area contributed by atoms with E-state index in [1.165, 1.54) is 29.5 Å². The van der Waals surface area contributed by atoms with Gasteiger partial charge in [-0.1, -0.05) is 60.2 Å². The van der Waals surface area contributed by atoms with Gasteiger partial charge >= 0.3 is 0 Å². The molecule has 0 fully saturated rings. The summed E-state index contributed by atoms with van der Waals surface area (Å²) >= 11 is 0. The molecule has 2 rings (SSSR count). The minimum Gasteiger partial charge on any atom is -0.0836 e. The molecule has 0 amide bonds. The molecule has 0 bridgehead atoms. The highest BCUT2D eigenvalue weighted by atomic mass is 14.0. The lowest BCUT2D eigenvalue weighted by molar-refractivity contribution is 1.03. The summed E-state index contributed by atoms with van der Waals surface area (Å²) in [6, 6.07) is 8.55. The van der Waals surface area contributed by atoms with Gasteiger partial charge in [0.15, 0.2) is 0 Å². The van der Waals surface area contributed by atoms with Crippen LogP contribution in [-0.4, -0.2) is 0 Å². The van der Waals surface area contributed by atoms with Gasteiger partial charge in [0, 0.05) is 0 Å². The fourth-order valence-corrected chi connectivity index (χ4v) is 1.72. The van der Waals surface area contributed by atoms with Crippen LogP contribution in [0.5, 0.6) is 0 Å². The van der Waals surface area contributed by atoms with Crippen LogP contribution in [0.25, 0.3) is 6.08 Å². The van der Waals surface area contributed by atoms with Gasteiger partial charge in [0.25, 0.3) is 0 Å². The maximum absolute atomic E-state index is 2.28. The lowest BCUT2D eigenvalue weighted by atomic mass is 10.1. The Morgan fingerprint density at radius 1 is 1.13 bits per heavy atom. The molecular weight excluding hydrogens is 180 g/mol. The number of hydrogen-bond donors (Lipinski definition) is 0. The summed E-state index contributed by atoms with van der Waals surface area (Å²) in [5, 5.41) is 0. The van der Waals surface area contributed by atoms with Gasteiger partial charge < -0.3 is 0 Å². The predicted molar refractivity (Wildman–Crippen MR) is 66.7 cm³/mol. The van der Waals surface area contributed by atoms with Crippen LogP contribution in [0, 0.1) is 6.92 Å². The zero-order chi connectivity index (χ0) is 10.5. The van der Waals surface area contributed by atoms with Crippen molar-refractivity contribution in [3.63, 3.8) is 0 Å². The van der Waals surface area contributed by atoms with Gasteiger partial charge in [0.1, 0.15) is 0 Å². The number of allylic oxidation sites excluding steroid dienone is 5. The smallest absolute Gasteiger partial charge is 0.0254 e. The molecular formula is C15H16. The molecule has 1 aliphatic carbocycles. The van der Waals surface area contributed by atoms with Crippen molar-refractivity contribution < 1.29 is 0 Å². The Balaban J connectivity index is 2.11. The van der Waals surface area contributed by atoms with Gasteiger partial charge in [-0.05, 0) is 30.9 Å². The highest BCUT2D eigenvalue weighted by molar-refractivity contribution is 5.55. The second-order valence-corrected chi connectivity index (χ2v) is 3.93. The van der Waals surface area contributed by atoms with Gasteiger partial charge in [-0.25, -0.2) is 0 Å². The second-order valence-electron chi connectivity index (χ2n) is 3.93. The van der Waals surface area contributed by atoms with Crippen LogP contribution in [0.1, 0.15) is 24.0 Å². The highest BCUT2D eigenvalue weighted by Crippen LogP contribution is 2.13. The van der Waals surface area contributed by atoms with Crippen LogP contribution >= 0.6 is 0 Å². The normalized spacial score (nSPS) is 15.7. The molecule has 0 radical (unpaired) electrons. The molecule has 0 saturated carbocycles. The molecule has 76 valence electrons. The van der Waals surface area contributed by atoms with E-state index in [4.69, 9.17) is 0 Å². The first-order valence-electron chi connectivity index (χ1n) is 5.46. The van der Waals surface area contributed by atoms with Crippen LogP contribution in [-0.2, 0) is 0 Å². The molecule has 0 aliphatic heterocycles. The number of rotatable bonds is 2. The van der Waals surface area contributed by atoms with E-state index < -0.39 is 0 Å². The minimum atomic E-state index is 1.17. The van der Waals surface area contributed by atoms with Crippen LogP contribution in [0.4, 0.5) is 0 Å². The summed E-state index contributed by atoms with van der Waals surface area (Å²) in [7, 11) is 0. The average Bonchev–Trinajstić information content (AvgIpc) is 2.28. The van der Waals surface area contributed by atoms with Crippen LogP contribution < -0.4 is 0 Å². The molecule has 0 heteroatoms. The van der Waals surface area contributed by atoms with Crippen LogP contribution in [0.2, 0.25) is 0 Å². The zero-order valence-corrected chi connectivity index (χ0v) is 9.11. The first kappa shape index (κ1) is 9.97. The molecule has 0 heterocycles. The van der Waals surface area contributed by atoms with Gasteiger partial charge in [-0.3, -0.25) is 0 Å². The van der Waals surface area contributed by atoms with E-state index in [1.54, 1.807) is 0 Å². The number of benzene rings is 1. The van der Waals surface area contributed by atoms with E-state index in [9.17, 15) is 0 Å². The van der Waals surface area contributed by atoms with Crippen molar-refractivity contribution in [3.8, 4) is 0 Å². The first-order valence-corrected chi connectivity index (χ1v) is 5.46. The molecule has 1 aliphatic rings. The van der Waals surface area contributed by atoms with Gasteiger partial charge in [-0.2, -0.15) is 0 Å². The Morgan fingerprint density at radius 3 is 2.80 bits per heavy atom. The third kappa shape index (κ3) is 2.95. The van der Waals surface area contributed by atoms with Crippen LogP contribution in [0.3, 0.4) is 0 Å². The SMILES string of the molecule is Cc1cccc(/C=C/C2=CCCC=C2)c1. The van der Waals surface area contributed by atoms with E-state index in [1.807, 2.05) is 0 Å². The van der Waals surface area contributed by atoms with Crippen LogP contribution in [0.15, 0.2) is 54.1 Å². The lowest BCUT2D eigenvalue weighted by Crippen LogP contribution is -1.80. The van der Waals surface area contributed by atoms with Gasteiger partial charge in [0.05, 0.1) is 0 Å². The van der Waals surface area contributed by atoms with Crippen molar-refractivity contribution >= 4 is 6.08 Å². The third-order valence-corrected chi connectivity index (χ3v) is 2.53. The van der Waals surface area contributed by atoms with Gasteiger partial charge in [-0.15, -0.1) is 0 Å². The van der Waals surface area contributed by atoms with Crippen molar-refractivity contribution in [2.75, 3.05) is 0 Å². The molecule has 15 heavy (non-hydrogen) atoms. The Labute approximate surface area is 91.6 Å². The minimum absolute atomic E-state index is 1.17. The zero-order valence-electron chi connectivity index (χ0n) is 9.11. The standard InChI is InChI=1S/C15H16/c1-13-6-5-9-15(12-13)11-10-14-7-3-2-4-8-14/h3,5-12H,2,4H2,1H3/b11-10+. The van der Waals surface area contributed by atoms with Crippen molar-refractivity contribution in [2.24, 2.45) is 0 Å². The monoisotopic (exact) mass is 196 g/mol. The van der Waals surface area contributed by atoms with Crippen molar-refractivity contribution in [2.45, 2.75) is 19.8 Å². The predicted octanol–water partition coefficient (Wildman–Crippen LogP) is 4.28. The molecule has 1 aromatic rings. The summed E-state index contributed by atoms with van der Waals surface area (Å²) in [6.45, 7) is 2.12. The molecule has 0 unspecified atom stereocenters. The lowest BCUT2D eigenvalue weighted by Gasteiger charge is -2.01. The second kappa shape index (κ2) is 4.79.